The fourth-order valence-corrected chi connectivity index (χ4v) is 2.76. The summed E-state index contributed by atoms with van der Waals surface area (Å²) in [6, 6.07) is 4.27. The molecule has 0 aliphatic carbocycles. The zero-order chi connectivity index (χ0) is 13.8. The Morgan fingerprint density at radius 1 is 1.42 bits per heavy atom. The highest BCUT2D eigenvalue weighted by atomic mass is 19.2. The molecule has 1 aromatic rings. The van der Waals surface area contributed by atoms with E-state index in [-0.39, 0.29) is 6.04 Å². The molecular formula is C15H22F2N2. The predicted octanol–water partition coefficient (Wildman–Crippen LogP) is 2.96. The summed E-state index contributed by atoms with van der Waals surface area (Å²) in [5.41, 5.74) is 0.432. The fourth-order valence-electron chi connectivity index (χ4n) is 2.76. The second-order valence-corrected chi connectivity index (χ2v) is 5.41. The number of rotatable bonds is 5. The van der Waals surface area contributed by atoms with E-state index < -0.39 is 11.6 Å². The topological polar surface area (TPSA) is 15.3 Å². The maximum Gasteiger partial charge on any atom is 0.163 e. The minimum atomic E-state index is -0.768. The van der Waals surface area contributed by atoms with Crippen molar-refractivity contribution >= 4 is 0 Å². The van der Waals surface area contributed by atoms with E-state index >= 15 is 0 Å². The van der Waals surface area contributed by atoms with Crippen LogP contribution in [-0.4, -0.2) is 31.1 Å². The molecule has 1 saturated heterocycles. The first-order chi connectivity index (χ1) is 9.11. The zero-order valence-corrected chi connectivity index (χ0v) is 11.6. The summed E-state index contributed by atoms with van der Waals surface area (Å²) in [6.07, 6.45) is 1.18. The van der Waals surface area contributed by atoms with Crippen LogP contribution < -0.4 is 5.32 Å². The number of halogens is 2. The maximum absolute atomic E-state index is 13.9. The number of hydrogen-bond acceptors (Lipinski definition) is 2. The average molecular weight is 268 g/mol. The van der Waals surface area contributed by atoms with Gasteiger partial charge in [-0.15, -0.1) is 0 Å². The molecule has 0 radical (unpaired) electrons. The summed E-state index contributed by atoms with van der Waals surface area (Å²) in [4.78, 5) is 2.32. The molecule has 0 aromatic heterocycles. The average Bonchev–Trinajstić information content (AvgIpc) is 2.78. The summed E-state index contributed by atoms with van der Waals surface area (Å²) >= 11 is 0. The van der Waals surface area contributed by atoms with E-state index in [1.165, 1.54) is 12.5 Å². The van der Waals surface area contributed by atoms with Crippen LogP contribution in [0.2, 0.25) is 0 Å². The maximum atomic E-state index is 13.9. The van der Waals surface area contributed by atoms with Crippen LogP contribution in [0.1, 0.15) is 31.9 Å². The predicted molar refractivity (Wildman–Crippen MR) is 73.0 cm³/mol. The summed E-state index contributed by atoms with van der Waals surface area (Å²) < 4.78 is 27.2. The van der Waals surface area contributed by atoms with Gasteiger partial charge in [-0.2, -0.15) is 0 Å². The molecule has 0 bridgehead atoms. The summed E-state index contributed by atoms with van der Waals surface area (Å²) in [6.45, 7) is 7.77. The number of likely N-dealkylation sites (N-methyl/N-ethyl adjacent to an activating group) is 1. The molecule has 0 spiro atoms. The van der Waals surface area contributed by atoms with Gasteiger partial charge in [0, 0.05) is 24.7 Å². The van der Waals surface area contributed by atoms with Crippen LogP contribution in [0.3, 0.4) is 0 Å². The number of nitrogens with one attached hydrogen (secondary N) is 1. The molecule has 4 heteroatoms. The molecule has 1 aromatic carbocycles. The molecule has 2 rings (SSSR count). The monoisotopic (exact) mass is 268 g/mol. The van der Waals surface area contributed by atoms with E-state index in [4.69, 9.17) is 0 Å². The third-order valence-corrected chi connectivity index (χ3v) is 3.76. The Kier molecular flexibility index (Phi) is 4.88. The lowest BCUT2D eigenvalue weighted by molar-refractivity contribution is 0.282. The molecule has 1 aliphatic rings. The van der Waals surface area contributed by atoms with E-state index in [1.54, 1.807) is 12.1 Å². The van der Waals surface area contributed by atoms with Crippen molar-refractivity contribution in [2.45, 2.75) is 26.3 Å². The van der Waals surface area contributed by atoms with Crippen molar-refractivity contribution in [1.29, 1.82) is 0 Å². The first-order valence-electron chi connectivity index (χ1n) is 7.01. The molecule has 1 fully saturated rings. The molecule has 1 N–H and O–H groups in total. The van der Waals surface area contributed by atoms with E-state index in [2.05, 4.69) is 17.1 Å². The van der Waals surface area contributed by atoms with E-state index in [1.807, 2.05) is 6.92 Å². The largest absolute Gasteiger partial charge is 0.309 e. The van der Waals surface area contributed by atoms with Gasteiger partial charge in [-0.1, -0.05) is 26.0 Å². The van der Waals surface area contributed by atoms with Crippen molar-refractivity contribution < 1.29 is 8.78 Å². The lowest BCUT2D eigenvalue weighted by Gasteiger charge is -2.25. The molecule has 2 atom stereocenters. The van der Waals surface area contributed by atoms with Crippen molar-refractivity contribution in [1.82, 2.24) is 10.2 Å². The van der Waals surface area contributed by atoms with Crippen molar-refractivity contribution in [2.24, 2.45) is 5.92 Å². The highest BCUT2D eigenvalue weighted by molar-refractivity contribution is 5.23. The second-order valence-electron chi connectivity index (χ2n) is 5.41. The normalized spacial score (nSPS) is 21.8. The Morgan fingerprint density at radius 2 is 2.21 bits per heavy atom. The molecular weight excluding hydrogens is 246 g/mol. The van der Waals surface area contributed by atoms with Crippen LogP contribution in [0.25, 0.3) is 0 Å². The van der Waals surface area contributed by atoms with Gasteiger partial charge in [0.05, 0.1) is 0 Å². The van der Waals surface area contributed by atoms with Crippen LogP contribution in [0.15, 0.2) is 18.2 Å². The quantitative estimate of drug-likeness (QED) is 0.883. The Balaban J connectivity index is 2.12. The van der Waals surface area contributed by atoms with Crippen LogP contribution in [-0.2, 0) is 0 Å². The van der Waals surface area contributed by atoms with Gasteiger partial charge in [0.15, 0.2) is 11.6 Å². The Hall–Kier alpha value is -1.00. The van der Waals surface area contributed by atoms with Gasteiger partial charge in [-0.25, -0.2) is 8.78 Å². The van der Waals surface area contributed by atoms with Crippen LogP contribution in [0, 0.1) is 17.6 Å². The molecule has 2 nitrogen and oxygen atoms in total. The van der Waals surface area contributed by atoms with Crippen molar-refractivity contribution in [3.63, 3.8) is 0 Å². The number of benzene rings is 1. The first-order valence-corrected chi connectivity index (χ1v) is 7.01. The lowest BCUT2D eigenvalue weighted by atomic mass is 10.1. The second kappa shape index (κ2) is 6.44. The minimum absolute atomic E-state index is 0.147. The fraction of sp³-hybridized carbons (Fsp3) is 0.600. The van der Waals surface area contributed by atoms with Crippen molar-refractivity contribution in [3.05, 3.63) is 35.4 Å². The minimum Gasteiger partial charge on any atom is -0.309 e. The molecule has 19 heavy (non-hydrogen) atoms. The van der Waals surface area contributed by atoms with Crippen LogP contribution in [0.5, 0.6) is 0 Å². The molecule has 0 amide bonds. The van der Waals surface area contributed by atoms with Gasteiger partial charge < -0.3 is 10.2 Å². The van der Waals surface area contributed by atoms with Gasteiger partial charge in [0.2, 0.25) is 0 Å². The van der Waals surface area contributed by atoms with Crippen molar-refractivity contribution in [2.75, 3.05) is 26.2 Å². The number of likely N-dealkylation sites (tertiary alicyclic amines) is 1. The van der Waals surface area contributed by atoms with E-state index in [0.717, 1.165) is 26.2 Å². The molecule has 0 saturated carbocycles. The van der Waals surface area contributed by atoms with Crippen LogP contribution >= 0.6 is 0 Å². The molecule has 2 unspecified atom stereocenters. The number of nitrogens with zero attached hydrogens (tertiary/aromatic N) is 1. The molecule has 1 aliphatic heterocycles. The molecule has 106 valence electrons. The van der Waals surface area contributed by atoms with Crippen LogP contribution in [0.4, 0.5) is 8.78 Å². The van der Waals surface area contributed by atoms with Gasteiger partial charge in [-0.05, 0) is 31.5 Å². The van der Waals surface area contributed by atoms with Gasteiger partial charge >= 0.3 is 0 Å². The highest BCUT2D eigenvalue weighted by Gasteiger charge is 2.24. The van der Waals surface area contributed by atoms with Gasteiger partial charge in [0.1, 0.15) is 0 Å². The Bertz CT molecular complexity index is 423. The lowest BCUT2D eigenvalue weighted by Crippen LogP contribution is -2.34. The summed E-state index contributed by atoms with van der Waals surface area (Å²) in [7, 11) is 0. The van der Waals surface area contributed by atoms with Gasteiger partial charge in [0.25, 0.3) is 0 Å². The van der Waals surface area contributed by atoms with Crippen molar-refractivity contribution in [3.8, 4) is 0 Å². The highest BCUT2D eigenvalue weighted by Crippen LogP contribution is 2.23. The smallest absolute Gasteiger partial charge is 0.163 e. The molecule has 1 heterocycles. The number of hydrogen-bond donors (Lipinski definition) is 1. The van der Waals surface area contributed by atoms with E-state index in [0.29, 0.717) is 11.5 Å². The standard InChI is InChI=1S/C15H22F2N2/c1-3-18-14(10-19-8-7-11(2)9-19)12-5-4-6-13(16)15(12)17/h4-6,11,14,18H,3,7-10H2,1-2H3. The Labute approximate surface area is 113 Å². The van der Waals surface area contributed by atoms with E-state index in [9.17, 15) is 8.78 Å². The zero-order valence-electron chi connectivity index (χ0n) is 11.6. The summed E-state index contributed by atoms with van der Waals surface area (Å²) in [5.74, 6) is -0.796. The third kappa shape index (κ3) is 3.51. The Morgan fingerprint density at radius 3 is 2.84 bits per heavy atom. The SMILES string of the molecule is CCNC(CN1CCC(C)C1)c1cccc(F)c1F. The third-order valence-electron chi connectivity index (χ3n) is 3.76. The summed E-state index contributed by atoms with van der Waals surface area (Å²) in [5, 5.41) is 3.26. The van der Waals surface area contributed by atoms with Gasteiger partial charge in [-0.3, -0.25) is 0 Å². The first kappa shape index (κ1) is 14.4.